The van der Waals surface area contributed by atoms with Gasteiger partial charge in [0.15, 0.2) is 0 Å². The van der Waals surface area contributed by atoms with E-state index in [4.69, 9.17) is 0 Å². The molecule has 1 aromatic heterocycles. The summed E-state index contributed by atoms with van der Waals surface area (Å²) >= 11 is 0. The average Bonchev–Trinajstić information content (AvgIpc) is 2.67. The number of aryl methyl sites for hydroxylation is 1. The first-order valence-corrected chi connectivity index (χ1v) is 6.02. The summed E-state index contributed by atoms with van der Waals surface area (Å²) in [5, 5.41) is 7.46. The van der Waals surface area contributed by atoms with Gasteiger partial charge in [0.1, 0.15) is 5.82 Å². The van der Waals surface area contributed by atoms with E-state index < -0.39 is 0 Å². The van der Waals surface area contributed by atoms with E-state index in [-0.39, 0.29) is 5.82 Å². The third-order valence-electron chi connectivity index (χ3n) is 3.20. The number of nitrogens with zero attached hydrogens (tertiary/aromatic N) is 2. The van der Waals surface area contributed by atoms with Gasteiger partial charge >= 0.3 is 0 Å². The fraction of sp³-hybridized carbons (Fsp3) is 0.357. The van der Waals surface area contributed by atoms with Crippen LogP contribution in [0.25, 0.3) is 0 Å². The predicted octanol–water partition coefficient (Wildman–Crippen LogP) is 2.41. The molecule has 1 aromatic carbocycles. The maximum atomic E-state index is 13.2. The molecule has 0 spiro atoms. The number of hydrogen-bond donors (Lipinski definition) is 1. The molecule has 0 aliphatic carbocycles. The molecule has 0 atom stereocenters. The van der Waals surface area contributed by atoms with Gasteiger partial charge in [-0.15, -0.1) is 0 Å². The van der Waals surface area contributed by atoms with Crippen LogP contribution in [0.15, 0.2) is 24.4 Å². The lowest BCUT2D eigenvalue weighted by Crippen LogP contribution is -2.08. The second-order valence-electron chi connectivity index (χ2n) is 4.51. The predicted molar refractivity (Wildman–Crippen MR) is 70.0 cm³/mol. The van der Waals surface area contributed by atoms with Crippen molar-refractivity contribution in [3.05, 3.63) is 52.6 Å². The Morgan fingerprint density at radius 1 is 1.28 bits per heavy atom. The van der Waals surface area contributed by atoms with E-state index in [9.17, 15) is 4.39 Å². The Labute approximate surface area is 107 Å². The van der Waals surface area contributed by atoms with Crippen LogP contribution in [0.3, 0.4) is 0 Å². The number of rotatable bonds is 4. The van der Waals surface area contributed by atoms with E-state index >= 15 is 0 Å². The molecule has 4 heteroatoms. The number of nitrogens with one attached hydrogen (secondary N) is 1. The largest absolute Gasteiger partial charge is 0.316 e. The molecule has 3 nitrogen and oxygen atoms in total. The summed E-state index contributed by atoms with van der Waals surface area (Å²) in [5.74, 6) is -0.198. The first-order valence-electron chi connectivity index (χ1n) is 6.02. The zero-order valence-corrected chi connectivity index (χ0v) is 11.0. The van der Waals surface area contributed by atoms with Crippen LogP contribution in [0.1, 0.15) is 22.4 Å². The standard InChI is InChI=1S/C14H18FN3/c1-10-4-5-14(15)6-12(10)9-18-11(2)13(7-16-3)8-17-18/h4-6,8,16H,7,9H2,1-3H3. The molecular weight excluding hydrogens is 229 g/mol. The van der Waals surface area contributed by atoms with E-state index in [1.807, 2.05) is 31.8 Å². The van der Waals surface area contributed by atoms with Crippen molar-refractivity contribution in [2.45, 2.75) is 26.9 Å². The topological polar surface area (TPSA) is 29.9 Å². The Hall–Kier alpha value is -1.68. The molecule has 0 aliphatic rings. The summed E-state index contributed by atoms with van der Waals surface area (Å²) < 4.78 is 15.1. The molecular formula is C14H18FN3. The summed E-state index contributed by atoms with van der Waals surface area (Å²) in [6, 6.07) is 4.87. The lowest BCUT2D eigenvalue weighted by molar-refractivity contribution is 0.614. The van der Waals surface area contributed by atoms with Gasteiger partial charge in [0.05, 0.1) is 12.7 Å². The van der Waals surface area contributed by atoms with E-state index in [1.54, 1.807) is 12.1 Å². The van der Waals surface area contributed by atoms with Crippen LogP contribution in [0.4, 0.5) is 4.39 Å². The van der Waals surface area contributed by atoms with Gasteiger partial charge in [-0.05, 0) is 44.2 Å². The Balaban J connectivity index is 2.26. The van der Waals surface area contributed by atoms with Crippen LogP contribution in [0.5, 0.6) is 0 Å². The minimum Gasteiger partial charge on any atom is -0.316 e. The molecule has 1 N–H and O–H groups in total. The van der Waals surface area contributed by atoms with Gasteiger partial charge in [0.25, 0.3) is 0 Å². The molecule has 0 saturated heterocycles. The number of hydrogen-bond acceptors (Lipinski definition) is 2. The van der Waals surface area contributed by atoms with E-state index in [2.05, 4.69) is 10.4 Å². The maximum Gasteiger partial charge on any atom is 0.123 e. The van der Waals surface area contributed by atoms with Crippen molar-refractivity contribution in [3.63, 3.8) is 0 Å². The van der Waals surface area contributed by atoms with Gasteiger partial charge in [0, 0.05) is 17.8 Å². The van der Waals surface area contributed by atoms with Crippen molar-refractivity contribution in [1.82, 2.24) is 15.1 Å². The normalized spacial score (nSPS) is 10.9. The van der Waals surface area contributed by atoms with Crippen molar-refractivity contribution in [2.75, 3.05) is 7.05 Å². The summed E-state index contributed by atoms with van der Waals surface area (Å²) in [7, 11) is 1.91. The molecule has 0 saturated carbocycles. The lowest BCUT2D eigenvalue weighted by Gasteiger charge is -2.09. The fourth-order valence-corrected chi connectivity index (χ4v) is 1.98. The molecule has 1 heterocycles. The summed E-state index contributed by atoms with van der Waals surface area (Å²) in [6.07, 6.45) is 1.86. The average molecular weight is 247 g/mol. The van der Waals surface area contributed by atoms with Crippen LogP contribution in [0.2, 0.25) is 0 Å². The Morgan fingerprint density at radius 2 is 2.06 bits per heavy atom. The van der Waals surface area contributed by atoms with Gasteiger partial charge in [-0.1, -0.05) is 6.07 Å². The van der Waals surface area contributed by atoms with Crippen LogP contribution < -0.4 is 5.32 Å². The van der Waals surface area contributed by atoms with Crippen LogP contribution >= 0.6 is 0 Å². The third kappa shape index (κ3) is 2.59. The molecule has 0 amide bonds. The highest BCUT2D eigenvalue weighted by molar-refractivity contribution is 5.27. The number of aromatic nitrogens is 2. The van der Waals surface area contributed by atoms with Gasteiger partial charge in [-0.2, -0.15) is 5.10 Å². The SMILES string of the molecule is CNCc1cnn(Cc2cc(F)ccc2C)c1C. The number of halogens is 1. The second-order valence-corrected chi connectivity index (χ2v) is 4.51. The van der Waals surface area contributed by atoms with Gasteiger partial charge in [-0.3, -0.25) is 4.68 Å². The lowest BCUT2D eigenvalue weighted by atomic mass is 10.1. The quantitative estimate of drug-likeness (QED) is 0.899. The highest BCUT2D eigenvalue weighted by Gasteiger charge is 2.08. The van der Waals surface area contributed by atoms with Crippen LogP contribution in [-0.4, -0.2) is 16.8 Å². The molecule has 0 aliphatic heterocycles. The molecule has 18 heavy (non-hydrogen) atoms. The van der Waals surface area contributed by atoms with Gasteiger partial charge in [0.2, 0.25) is 0 Å². The Kier molecular flexibility index (Phi) is 3.77. The summed E-state index contributed by atoms with van der Waals surface area (Å²) in [4.78, 5) is 0. The molecule has 0 unspecified atom stereocenters. The maximum absolute atomic E-state index is 13.2. The molecule has 0 fully saturated rings. The van der Waals surface area contributed by atoms with Crippen molar-refractivity contribution in [3.8, 4) is 0 Å². The van der Waals surface area contributed by atoms with E-state index in [0.29, 0.717) is 6.54 Å². The monoisotopic (exact) mass is 247 g/mol. The van der Waals surface area contributed by atoms with Crippen molar-refractivity contribution in [1.29, 1.82) is 0 Å². The minimum absolute atomic E-state index is 0.198. The smallest absolute Gasteiger partial charge is 0.123 e. The van der Waals surface area contributed by atoms with Crippen LogP contribution in [0, 0.1) is 19.7 Å². The first kappa shape index (κ1) is 12.8. The van der Waals surface area contributed by atoms with Gasteiger partial charge < -0.3 is 5.32 Å². The second kappa shape index (κ2) is 5.31. The third-order valence-corrected chi connectivity index (χ3v) is 3.20. The molecule has 96 valence electrons. The highest BCUT2D eigenvalue weighted by Crippen LogP contribution is 2.14. The van der Waals surface area contributed by atoms with E-state index in [1.165, 1.54) is 11.6 Å². The molecule has 0 bridgehead atoms. The van der Waals surface area contributed by atoms with Gasteiger partial charge in [-0.25, -0.2) is 4.39 Å². The van der Waals surface area contributed by atoms with E-state index in [0.717, 1.165) is 23.4 Å². The summed E-state index contributed by atoms with van der Waals surface area (Å²) in [5.41, 5.74) is 4.35. The Bertz CT molecular complexity index is 546. The van der Waals surface area contributed by atoms with Crippen molar-refractivity contribution in [2.24, 2.45) is 0 Å². The number of benzene rings is 1. The zero-order chi connectivity index (χ0) is 13.1. The highest BCUT2D eigenvalue weighted by atomic mass is 19.1. The molecule has 0 radical (unpaired) electrons. The first-order chi connectivity index (χ1) is 8.61. The van der Waals surface area contributed by atoms with Crippen molar-refractivity contribution < 1.29 is 4.39 Å². The van der Waals surface area contributed by atoms with Crippen molar-refractivity contribution >= 4 is 0 Å². The minimum atomic E-state index is -0.198. The van der Waals surface area contributed by atoms with Crippen LogP contribution in [-0.2, 0) is 13.1 Å². The molecule has 2 rings (SSSR count). The Morgan fingerprint density at radius 3 is 2.78 bits per heavy atom. The fourth-order valence-electron chi connectivity index (χ4n) is 1.98. The molecule has 2 aromatic rings. The zero-order valence-electron chi connectivity index (χ0n) is 11.0. The summed E-state index contributed by atoms with van der Waals surface area (Å²) in [6.45, 7) is 5.43.